The molecule has 2 aliphatic rings. The first-order valence-corrected chi connectivity index (χ1v) is 10.8. The predicted molar refractivity (Wildman–Crippen MR) is 128 cm³/mol. The summed E-state index contributed by atoms with van der Waals surface area (Å²) in [6.07, 6.45) is 0.419. The number of carbonyl (C=O) groups excluding carboxylic acids is 1. The summed E-state index contributed by atoms with van der Waals surface area (Å²) in [7, 11) is 2.11. The topological polar surface area (TPSA) is 48.2 Å². The molecule has 2 aromatic heterocycles. The smallest absolute Gasteiger partial charge is 0.252 e. The Morgan fingerprint density at radius 2 is 1.66 bits per heavy atom. The molecule has 0 aliphatic carbocycles. The minimum absolute atomic E-state index is 0.0103. The first-order valence-electron chi connectivity index (χ1n) is 10.8. The molecule has 5 nitrogen and oxygen atoms in total. The number of nitrogens with zero attached hydrogens (tertiary/aromatic N) is 2. The number of rotatable bonds is 1. The molecular weight excluding hydrogens is 398 g/mol. The Hall–Kier alpha value is -3.99. The fraction of sp³-hybridized carbons (Fsp3) is 0.148. The molecule has 1 saturated heterocycles. The lowest BCUT2D eigenvalue weighted by Crippen LogP contribution is -2.12. The van der Waals surface area contributed by atoms with Crippen LogP contribution in [0.4, 0.5) is 0 Å². The van der Waals surface area contributed by atoms with E-state index in [-0.39, 0.29) is 12.1 Å². The average molecular weight is 419 g/mol. The fourth-order valence-electron chi connectivity index (χ4n) is 5.74. The summed E-state index contributed by atoms with van der Waals surface area (Å²) in [5.74, 6) is 0.622. The second kappa shape index (κ2) is 5.82. The molecule has 5 aromatic rings. The quantitative estimate of drug-likeness (QED) is 0.380. The molecule has 0 unspecified atom stereocenters. The standard InChI is InChI=1S/C27H21N3O2/c1-14-12-21(32-15(14)2)30-20-11-7-5-9-17(20)23-24-18(13-28-27(24)31)22-16-8-4-6-10-19(16)29(3)25(22)26(23)30/h4-11,21H,1-2,12-13H2,3H3,(H,28,31)/t21-/m1/s1. The van der Waals surface area contributed by atoms with Crippen molar-refractivity contribution in [3.63, 3.8) is 0 Å². The molecule has 156 valence electrons. The third kappa shape index (κ3) is 1.96. The van der Waals surface area contributed by atoms with E-state index >= 15 is 0 Å². The van der Waals surface area contributed by atoms with E-state index in [1.807, 2.05) is 12.1 Å². The van der Waals surface area contributed by atoms with Crippen LogP contribution in [0.25, 0.3) is 43.6 Å². The van der Waals surface area contributed by atoms with E-state index in [9.17, 15) is 4.79 Å². The Morgan fingerprint density at radius 3 is 2.38 bits per heavy atom. The van der Waals surface area contributed by atoms with Gasteiger partial charge >= 0.3 is 0 Å². The normalized spacial score (nSPS) is 18.3. The summed E-state index contributed by atoms with van der Waals surface area (Å²) in [6, 6.07) is 16.7. The summed E-state index contributed by atoms with van der Waals surface area (Å²) in [5, 5.41) is 7.45. The molecule has 0 bridgehead atoms. The SMILES string of the molecule is C=C1C[C@H](n2c3ccccc3c3c4c(c5c6ccccc6n(C)c5c32)CNC4=O)OC1=C. The number of carbonyl (C=O) groups is 1. The largest absolute Gasteiger partial charge is 0.470 e. The number of hydrogen-bond acceptors (Lipinski definition) is 2. The number of hydrogen-bond donors (Lipinski definition) is 1. The van der Waals surface area contributed by atoms with Crippen LogP contribution in [-0.2, 0) is 18.3 Å². The Bertz CT molecular complexity index is 1680. The second-order valence-electron chi connectivity index (χ2n) is 8.75. The Morgan fingerprint density at radius 1 is 0.969 bits per heavy atom. The van der Waals surface area contributed by atoms with Crippen molar-refractivity contribution in [3.8, 4) is 0 Å². The highest BCUT2D eigenvalue weighted by Gasteiger charge is 2.34. The minimum Gasteiger partial charge on any atom is -0.470 e. The van der Waals surface area contributed by atoms with Crippen molar-refractivity contribution in [2.24, 2.45) is 7.05 Å². The number of ether oxygens (including phenoxy) is 1. The van der Waals surface area contributed by atoms with Crippen molar-refractivity contribution in [1.82, 2.24) is 14.5 Å². The van der Waals surface area contributed by atoms with Crippen LogP contribution in [0.15, 0.2) is 73.0 Å². The van der Waals surface area contributed by atoms with Gasteiger partial charge in [-0.3, -0.25) is 4.79 Å². The highest BCUT2D eigenvalue weighted by molar-refractivity contribution is 6.30. The molecule has 0 radical (unpaired) electrons. The van der Waals surface area contributed by atoms with Gasteiger partial charge < -0.3 is 19.2 Å². The van der Waals surface area contributed by atoms with Crippen molar-refractivity contribution in [2.45, 2.75) is 19.2 Å². The zero-order valence-electron chi connectivity index (χ0n) is 17.7. The van der Waals surface area contributed by atoms with Gasteiger partial charge in [0.2, 0.25) is 0 Å². The summed E-state index contributed by atoms with van der Waals surface area (Å²) in [4.78, 5) is 13.2. The van der Waals surface area contributed by atoms with Crippen molar-refractivity contribution >= 4 is 49.5 Å². The van der Waals surface area contributed by atoms with Gasteiger partial charge in [-0.2, -0.15) is 0 Å². The summed E-state index contributed by atoms with van der Waals surface area (Å²) in [5.41, 5.74) is 7.13. The lowest BCUT2D eigenvalue weighted by molar-refractivity contribution is 0.0966. The van der Waals surface area contributed by atoms with E-state index in [1.54, 1.807) is 0 Å². The monoisotopic (exact) mass is 419 g/mol. The van der Waals surface area contributed by atoms with Crippen LogP contribution < -0.4 is 5.32 Å². The maximum atomic E-state index is 13.2. The maximum absolute atomic E-state index is 13.2. The summed E-state index contributed by atoms with van der Waals surface area (Å²) in [6.45, 7) is 8.71. The van der Waals surface area contributed by atoms with E-state index in [2.05, 4.69) is 71.1 Å². The van der Waals surface area contributed by atoms with Crippen LogP contribution in [0.3, 0.4) is 0 Å². The summed E-state index contributed by atoms with van der Waals surface area (Å²) < 4.78 is 10.7. The molecule has 1 N–H and O–H groups in total. The van der Waals surface area contributed by atoms with E-state index in [0.29, 0.717) is 18.7 Å². The van der Waals surface area contributed by atoms with Crippen molar-refractivity contribution in [1.29, 1.82) is 0 Å². The zero-order chi connectivity index (χ0) is 21.7. The number of amides is 1. The van der Waals surface area contributed by atoms with Crippen molar-refractivity contribution < 1.29 is 9.53 Å². The Labute approximate surface area is 184 Å². The molecule has 1 fully saturated rings. The lowest BCUT2D eigenvalue weighted by atomic mass is 9.97. The van der Waals surface area contributed by atoms with Gasteiger partial charge in [-0.15, -0.1) is 0 Å². The molecule has 4 heterocycles. The number of nitrogens with one attached hydrogen (secondary N) is 1. The number of benzene rings is 3. The van der Waals surface area contributed by atoms with E-state index in [4.69, 9.17) is 4.74 Å². The highest BCUT2D eigenvalue weighted by atomic mass is 16.5. The molecule has 2 aliphatic heterocycles. The predicted octanol–water partition coefficient (Wildman–Crippen LogP) is 5.67. The zero-order valence-corrected chi connectivity index (χ0v) is 17.7. The van der Waals surface area contributed by atoms with Crippen LogP contribution in [0, 0.1) is 0 Å². The van der Waals surface area contributed by atoms with Gasteiger partial charge in [0.1, 0.15) is 5.76 Å². The summed E-state index contributed by atoms with van der Waals surface area (Å²) >= 11 is 0. The van der Waals surface area contributed by atoms with Gasteiger partial charge in [0.25, 0.3) is 5.91 Å². The highest BCUT2D eigenvalue weighted by Crippen LogP contribution is 2.47. The molecule has 3 aromatic carbocycles. The number of para-hydroxylation sites is 2. The maximum Gasteiger partial charge on any atom is 0.252 e. The molecule has 7 rings (SSSR count). The number of fused-ring (bicyclic) bond motifs is 10. The number of allylic oxidation sites excluding steroid dienone is 1. The Kier molecular flexibility index (Phi) is 3.22. The fourth-order valence-corrected chi connectivity index (χ4v) is 5.74. The van der Waals surface area contributed by atoms with Crippen LogP contribution >= 0.6 is 0 Å². The van der Waals surface area contributed by atoms with Crippen molar-refractivity contribution in [2.75, 3.05) is 0 Å². The second-order valence-corrected chi connectivity index (χ2v) is 8.75. The molecule has 0 saturated carbocycles. The third-order valence-corrected chi connectivity index (χ3v) is 7.13. The van der Waals surface area contributed by atoms with Gasteiger partial charge in [0, 0.05) is 47.1 Å². The Balaban J connectivity index is 1.80. The van der Waals surface area contributed by atoms with E-state index < -0.39 is 0 Å². The van der Waals surface area contributed by atoms with E-state index in [1.165, 1.54) is 0 Å². The average Bonchev–Trinajstić information content (AvgIpc) is 3.51. The van der Waals surface area contributed by atoms with Crippen molar-refractivity contribution in [3.05, 3.63) is 84.1 Å². The van der Waals surface area contributed by atoms with Crippen LogP contribution in [-0.4, -0.2) is 15.0 Å². The minimum atomic E-state index is -0.249. The molecular formula is C27H21N3O2. The molecule has 0 spiro atoms. The molecule has 1 amide bonds. The van der Waals surface area contributed by atoms with Gasteiger partial charge in [-0.1, -0.05) is 49.6 Å². The van der Waals surface area contributed by atoms with Crippen LogP contribution in [0.1, 0.15) is 28.6 Å². The molecule has 1 atom stereocenters. The first-order chi connectivity index (χ1) is 15.6. The number of aryl methyl sites for hydroxylation is 1. The third-order valence-electron chi connectivity index (χ3n) is 7.13. The van der Waals surface area contributed by atoms with Gasteiger partial charge in [-0.05, 0) is 23.3 Å². The van der Waals surface area contributed by atoms with Crippen LogP contribution in [0.2, 0.25) is 0 Å². The number of aromatic nitrogens is 2. The molecule has 5 heteroatoms. The molecule has 32 heavy (non-hydrogen) atoms. The van der Waals surface area contributed by atoms with Gasteiger partial charge in [0.05, 0.1) is 22.1 Å². The van der Waals surface area contributed by atoms with Gasteiger partial charge in [0.15, 0.2) is 6.23 Å². The van der Waals surface area contributed by atoms with Crippen LogP contribution in [0.5, 0.6) is 0 Å². The lowest BCUT2D eigenvalue weighted by Gasteiger charge is -2.17. The van der Waals surface area contributed by atoms with Gasteiger partial charge in [-0.25, -0.2) is 0 Å². The first kappa shape index (κ1) is 17.7. The van der Waals surface area contributed by atoms with E-state index in [0.717, 1.165) is 60.3 Å².